The molecule has 1 aromatic rings. The molecule has 5 nitrogen and oxygen atoms in total. The molecule has 0 unspecified atom stereocenters. The van der Waals surface area contributed by atoms with Crippen molar-refractivity contribution < 1.29 is 14.7 Å². The molecule has 1 aromatic carbocycles. The third-order valence-electron chi connectivity index (χ3n) is 2.41. The number of amides is 1. The molecule has 0 aliphatic rings. The topological polar surface area (TPSA) is 83.6 Å². The Morgan fingerprint density at radius 1 is 1.50 bits per heavy atom. The Bertz CT molecular complexity index is 517. The maximum Gasteiger partial charge on any atom is 0.323 e. The van der Waals surface area contributed by atoms with Gasteiger partial charge < -0.3 is 15.7 Å². The van der Waals surface area contributed by atoms with Gasteiger partial charge in [-0.1, -0.05) is 5.92 Å². The van der Waals surface area contributed by atoms with Crippen LogP contribution in [-0.4, -0.2) is 35.0 Å². The van der Waals surface area contributed by atoms with Gasteiger partial charge in [-0.2, -0.15) is 0 Å². The number of carboxylic acid groups (broad SMARTS) is 1. The van der Waals surface area contributed by atoms with Crippen LogP contribution in [0.4, 0.5) is 5.69 Å². The van der Waals surface area contributed by atoms with Crippen LogP contribution >= 0.6 is 0 Å². The van der Waals surface area contributed by atoms with Gasteiger partial charge in [0.25, 0.3) is 5.91 Å². The van der Waals surface area contributed by atoms with Gasteiger partial charge in [-0.15, -0.1) is 6.42 Å². The van der Waals surface area contributed by atoms with Gasteiger partial charge in [0.1, 0.15) is 6.54 Å². The Hall–Kier alpha value is -2.48. The van der Waals surface area contributed by atoms with Crippen LogP contribution in [0.15, 0.2) is 18.2 Å². The molecule has 0 aromatic heterocycles. The van der Waals surface area contributed by atoms with E-state index in [1.54, 1.807) is 25.1 Å². The molecule has 0 bridgehead atoms. The molecule has 1 rings (SSSR count). The summed E-state index contributed by atoms with van der Waals surface area (Å²) in [7, 11) is 0. The van der Waals surface area contributed by atoms with Crippen LogP contribution in [-0.2, 0) is 4.79 Å². The second-order valence-electron chi connectivity index (χ2n) is 3.83. The molecule has 5 heteroatoms. The molecule has 18 heavy (non-hydrogen) atoms. The van der Waals surface area contributed by atoms with Crippen molar-refractivity contribution in [2.75, 3.05) is 18.8 Å². The molecule has 0 radical (unpaired) electrons. The van der Waals surface area contributed by atoms with E-state index in [4.69, 9.17) is 17.3 Å². The number of aliphatic carboxylic acids is 1. The van der Waals surface area contributed by atoms with Gasteiger partial charge in [-0.05, 0) is 30.7 Å². The highest BCUT2D eigenvalue weighted by molar-refractivity contribution is 5.96. The lowest BCUT2D eigenvalue weighted by atomic mass is 10.1. The average molecular weight is 246 g/mol. The molecule has 0 saturated heterocycles. The predicted octanol–water partition coefficient (Wildman–Crippen LogP) is 0.737. The number of aryl methyl sites for hydroxylation is 1. The van der Waals surface area contributed by atoms with Crippen LogP contribution in [0.1, 0.15) is 15.9 Å². The third-order valence-corrected chi connectivity index (χ3v) is 2.41. The van der Waals surface area contributed by atoms with Crippen molar-refractivity contribution in [3.05, 3.63) is 29.3 Å². The van der Waals surface area contributed by atoms with Gasteiger partial charge in [0.2, 0.25) is 0 Å². The Morgan fingerprint density at radius 3 is 2.67 bits per heavy atom. The SMILES string of the molecule is C#CCN(CC(=O)O)C(=O)c1ccc(N)c(C)c1. The van der Waals surface area contributed by atoms with Crippen molar-refractivity contribution >= 4 is 17.6 Å². The van der Waals surface area contributed by atoms with Crippen LogP contribution in [0, 0.1) is 19.3 Å². The zero-order chi connectivity index (χ0) is 13.7. The molecular formula is C13H14N2O3. The number of benzene rings is 1. The predicted molar refractivity (Wildman–Crippen MR) is 68.0 cm³/mol. The van der Waals surface area contributed by atoms with Gasteiger partial charge in [0, 0.05) is 11.3 Å². The molecular weight excluding hydrogens is 232 g/mol. The molecule has 0 atom stereocenters. The normalized spacial score (nSPS) is 9.56. The molecule has 0 fully saturated rings. The molecule has 0 heterocycles. The van der Waals surface area contributed by atoms with Crippen molar-refractivity contribution in [1.29, 1.82) is 0 Å². The number of rotatable bonds is 4. The summed E-state index contributed by atoms with van der Waals surface area (Å²) >= 11 is 0. The van der Waals surface area contributed by atoms with E-state index in [1.807, 2.05) is 0 Å². The summed E-state index contributed by atoms with van der Waals surface area (Å²) in [4.78, 5) is 23.8. The number of nitrogens with two attached hydrogens (primary N) is 1. The molecule has 0 aliphatic carbocycles. The van der Waals surface area contributed by atoms with E-state index in [-0.39, 0.29) is 6.54 Å². The summed E-state index contributed by atoms with van der Waals surface area (Å²) in [5.41, 5.74) is 7.36. The molecule has 3 N–H and O–H groups in total. The Balaban J connectivity index is 2.98. The Morgan fingerprint density at radius 2 is 2.17 bits per heavy atom. The van der Waals surface area contributed by atoms with E-state index >= 15 is 0 Å². The van der Waals surface area contributed by atoms with Crippen molar-refractivity contribution in [3.8, 4) is 12.3 Å². The lowest BCUT2D eigenvalue weighted by Gasteiger charge is -2.18. The molecule has 94 valence electrons. The van der Waals surface area contributed by atoms with Crippen LogP contribution < -0.4 is 5.73 Å². The minimum absolute atomic E-state index is 0.0471. The second-order valence-corrected chi connectivity index (χ2v) is 3.83. The van der Waals surface area contributed by atoms with E-state index in [1.165, 1.54) is 0 Å². The maximum absolute atomic E-state index is 12.1. The first-order valence-corrected chi connectivity index (χ1v) is 5.26. The van der Waals surface area contributed by atoms with E-state index in [0.29, 0.717) is 11.3 Å². The smallest absolute Gasteiger partial charge is 0.323 e. The van der Waals surface area contributed by atoms with Crippen molar-refractivity contribution in [3.63, 3.8) is 0 Å². The molecule has 0 spiro atoms. The number of hydrogen-bond donors (Lipinski definition) is 2. The minimum atomic E-state index is -1.11. The van der Waals surface area contributed by atoms with E-state index in [2.05, 4.69) is 5.92 Å². The van der Waals surface area contributed by atoms with Crippen molar-refractivity contribution in [1.82, 2.24) is 4.90 Å². The van der Waals surface area contributed by atoms with Crippen LogP contribution in [0.25, 0.3) is 0 Å². The Labute approximate surface area is 105 Å². The summed E-state index contributed by atoms with van der Waals surface area (Å²) in [6, 6.07) is 4.77. The molecule has 0 aliphatic heterocycles. The van der Waals surface area contributed by atoms with Gasteiger partial charge in [0.05, 0.1) is 6.54 Å². The first-order chi connectivity index (χ1) is 8.45. The lowest BCUT2D eigenvalue weighted by molar-refractivity contribution is -0.137. The van der Waals surface area contributed by atoms with Crippen molar-refractivity contribution in [2.45, 2.75) is 6.92 Å². The highest BCUT2D eigenvalue weighted by Gasteiger charge is 2.17. The summed E-state index contributed by atoms with van der Waals surface area (Å²) in [5, 5.41) is 8.72. The molecule has 0 saturated carbocycles. The number of nitrogens with zero attached hydrogens (tertiary/aromatic N) is 1. The zero-order valence-electron chi connectivity index (χ0n) is 10.0. The first kappa shape index (κ1) is 13.6. The second kappa shape index (κ2) is 5.73. The van der Waals surface area contributed by atoms with Crippen LogP contribution in [0.5, 0.6) is 0 Å². The Kier molecular flexibility index (Phi) is 4.33. The van der Waals surface area contributed by atoms with Gasteiger partial charge in [-0.3, -0.25) is 9.59 Å². The lowest BCUT2D eigenvalue weighted by Crippen LogP contribution is -2.36. The minimum Gasteiger partial charge on any atom is -0.480 e. The quantitative estimate of drug-likeness (QED) is 0.606. The van der Waals surface area contributed by atoms with Crippen LogP contribution in [0.3, 0.4) is 0 Å². The molecule has 1 amide bonds. The summed E-state index contributed by atoms with van der Waals surface area (Å²) in [6.45, 7) is 1.30. The number of hydrogen-bond acceptors (Lipinski definition) is 3. The standard InChI is InChI=1S/C13H14N2O3/c1-3-6-15(8-12(16)17)13(18)10-4-5-11(14)9(2)7-10/h1,4-5,7H,6,8,14H2,2H3,(H,16,17). The van der Waals surface area contributed by atoms with Crippen LogP contribution in [0.2, 0.25) is 0 Å². The number of carbonyl (C=O) groups excluding carboxylic acids is 1. The summed E-state index contributed by atoms with van der Waals surface area (Å²) in [5.74, 6) is 0.743. The fourth-order valence-electron chi connectivity index (χ4n) is 1.46. The largest absolute Gasteiger partial charge is 0.480 e. The highest BCUT2D eigenvalue weighted by atomic mass is 16.4. The maximum atomic E-state index is 12.1. The summed E-state index contributed by atoms with van der Waals surface area (Å²) in [6.07, 6.45) is 5.12. The van der Waals surface area contributed by atoms with Crippen molar-refractivity contribution in [2.24, 2.45) is 0 Å². The zero-order valence-corrected chi connectivity index (χ0v) is 10.0. The number of nitrogen functional groups attached to an aromatic ring is 1. The third kappa shape index (κ3) is 3.25. The fraction of sp³-hybridized carbons (Fsp3) is 0.231. The number of carbonyl (C=O) groups is 2. The average Bonchev–Trinajstić information content (AvgIpc) is 2.31. The highest BCUT2D eigenvalue weighted by Crippen LogP contribution is 2.14. The van der Waals surface area contributed by atoms with E-state index in [9.17, 15) is 9.59 Å². The van der Waals surface area contributed by atoms with Gasteiger partial charge in [0.15, 0.2) is 0 Å². The van der Waals surface area contributed by atoms with E-state index < -0.39 is 18.4 Å². The monoisotopic (exact) mass is 246 g/mol. The number of carboxylic acids is 1. The first-order valence-electron chi connectivity index (χ1n) is 5.26. The van der Waals surface area contributed by atoms with Gasteiger partial charge in [-0.25, -0.2) is 0 Å². The van der Waals surface area contributed by atoms with E-state index in [0.717, 1.165) is 10.5 Å². The van der Waals surface area contributed by atoms with Gasteiger partial charge >= 0.3 is 5.97 Å². The fourth-order valence-corrected chi connectivity index (χ4v) is 1.46. The summed E-state index contributed by atoms with van der Waals surface area (Å²) < 4.78 is 0. The number of anilines is 1. The number of terminal acetylenes is 1.